The summed E-state index contributed by atoms with van der Waals surface area (Å²) < 4.78 is 15.6. The molecule has 1 fully saturated rings. The summed E-state index contributed by atoms with van der Waals surface area (Å²) in [7, 11) is 1.34. The predicted octanol–water partition coefficient (Wildman–Crippen LogP) is 1.97. The smallest absolute Gasteiger partial charge is 0.373 e. The molecule has 0 spiro atoms. The molecule has 0 radical (unpaired) electrons. The Bertz CT molecular complexity index is 415. The molecular weight excluding hydrogens is 246 g/mol. The first-order valence-corrected chi connectivity index (χ1v) is 6.74. The van der Waals surface area contributed by atoms with Gasteiger partial charge in [0.25, 0.3) is 0 Å². The van der Waals surface area contributed by atoms with E-state index < -0.39 is 5.97 Å². The maximum absolute atomic E-state index is 11.2. The zero-order valence-electron chi connectivity index (χ0n) is 11.5. The first-order chi connectivity index (χ1) is 9.24. The number of ether oxygens (including phenoxy) is 2. The molecule has 2 unspecified atom stereocenters. The van der Waals surface area contributed by atoms with Crippen molar-refractivity contribution in [2.45, 2.75) is 32.4 Å². The van der Waals surface area contributed by atoms with Gasteiger partial charge in [0.2, 0.25) is 5.76 Å². The second-order valence-corrected chi connectivity index (χ2v) is 4.75. The highest BCUT2D eigenvalue weighted by Crippen LogP contribution is 2.22. The molecule has 0 aliphatic carbocycles. The van der Waals surface area contributed by atoms with Crippen molar-refractivity contribution in [3.63, 3.8) is 0 Å². The fourth-order valence-corrected chi connectivity index (χ4v) is 2.44. The van der Waals surface area contributed by atoms with Gasteiger partial charge in [0.1, 0.15) is 5.76 Å². The van der Waals surface area contributed by atoms with Crippen molar-refractivity contribution in [2.75, 3.05) is 20.3 Å². The van der Waals surface area contributed by atoms with Gasteiger partial charge in [0, 0.05) is 13.2 Å². The van der Waals surface area contributed by atoms with Crippen molar-refractivity contribution in [3.8, 4) is 0 Å². The topological polar surface area (TPSA) is 60.7 Å². The molecule has 0 bridgehead atoms. The molecule has 2 rings (SSSR count). The van der Waals surface area contributed by atoms with Crippen LogP contribution in [0, 0.1) is 5.92 Å². The summed E-state index contributed by atoms with van der Waals surface area (Å²) in [4.78, 5) is 11.2. The van der Waals surface area contributed by atoms with E-state index in [1.54, 1.807) is 12.1 Å². The van der Waals surface area contributed by atoms with Crippen molar-refractivity contribution in [3.05, 3.63) is 23.7 Å². The number of rotatable bonds is 6. The Hall–Kier alpha value is -1.33. The molecule has 19 heavy (non-hydrogen) atoms. The normalized spacial score (nSPS) is 22.6. The molecule has 1 N–H and O–H groups in total. The van der Waals surface area contributed by atoms with Gasteiger partial charge in [-0.3, -0.25) is 0 Å². The number of hydrogen-bond donors (Lipinski definition) is 1. The van der Waals surface area contributed by atoms with Gasteiger partial charge in [-0.15, -0.1) is 0 Å². The lowest BCUT2D eigenvalue weighted by Gasteiger charge is -2.16. The molecule has 0 saturated carbocycles. The Balaban J connectivity index is 1.76. The lowest BCUT2D eigenvalue weighted by molar-refractivity contribution is 0.0563. The molecular formula is C14H21NO4. The van der Waals surface area contributed by atoms with Gasteiger partial charge in [0.05, 0.1) is 19.8 Å². The molecule has 2 heterocycles. The third kappa shape index (κ3) is 3.58. The second-order valence-electron chi connectivity index (χ2n) is 4.75. The molecule has 1 aliphatic heterocycles. The minimum Gasteiger partial charge on any atom is -0.463 e. The molecule has 2 atom stereocenters. The summed E-state index contributed by atoms with van der Waals surface area (Å²) in [5, 5.41) is 3.35. The minimum absolute atomic E-state index is 0.245. The number of esters is 1. The third-order valence-electron chi connectivity index (χ3n) is 3.50. The van der Waals surface area contributed by atoms with Gasteiger partial charge in [-0.25, -0.2) is 4.79 Å². The van der Waals surface area contributed by atoms with Crippen LogP contribution in [0.1, 0.15) is 36.1 Å². The number of hydrogen-bond acceptors (Lipinski definition) is 5. The van der Waals surface area contributed by atoms with Crippen LogP contribution >= 0.6 is 0 Å². The molecule has 1 aromatic heterocycles. The predicted molar refractivity (Wildman–Crippen MR) is 69.9 cm³/mol. The molecule has 5 nitrogen and oxygen atoms in total. The minimum atomic E-state index is -0.443. The van der Waals surface area contributed by atoms with Crippen molar-refractivity contribution < 1.29 is 18.7 Å². The van der Waals surface area contributed by atoms with E-state index in [2.05, 4.69) is 17.0 Å². The average Bonchev–Trinajstić information content (AvgIpc) is 3.06. The zero-order chi connectivity index (χ0) is 13.7. The Labute approximate surface area is 113 Å². The van der Waals surface area contributed by atoms with Crippen molar-refractivity contribution >= 4 is 5.97 Å². The van der Waals surface area contributed by atoms with Crippen molar-refractivity contribution in [1.29, 1.82) is 0 Å². The van der Waals surface area contributed by atoms with E-state index in [0.717, 1.165) is 31.8 Å². The molecule has 1 aromatic rings. The Morgan fingerprint density at radius 3 is 3.11 bits per heavy atom. The fourth-order valence-electron chi connectivity index (χ4n) is 2.44. The number of carbonyl (C=O) groups excluding carboxylic acids is 1. The third-order valence-corrected chi connectivity index (χ3v) is 3.50. The first kappa shape index (κ1) is 14.1. The van der Waals surface area contributed by atoms with Crippen LogP contribution in [-0.4, -0.2) is 32.3 Å². The van der Waals surface area contributed by atoms with Crippen LogP contribution < -0.4 is 5.32 Å². The summed E-state index contributed by atoms with van der Waals surface area (Å²) in [5.74, 6) is 1.11. The largest absolute Gasteiger partial charge is 0.463 e. The highest BCUT2D eigenvalue weighted by Gasteiger charge is 2.26. The van der Waals surface area contributed by atoms with E-state index in [0.29, 0.717) is 18.6 Å². The van der Waals surface area contributed by atoms with E-state index in [1.165, 1.54) is 7.11 Å². The monoisotopic (exact) mass is 267 g/mol. The van der Waals surface area contributed by atoms with Gasteiger partial charge in [-0.1, -0.05) is 6.92 Å². The van der Waals surface area contributed by atoms with Crippen LogP contribution in [0.25, 0.3) is 0 Å². The van der Waals surface area contributed by atoms with Gasteiger partial charge < -0.3 is 19.2 Å². The van der Waals surface area contributed by atoms with Crippen molar-refractivity contribution in [2.24, 2.45) is 5.92 Å². The lowest BCUT2D eigenvalue weighted by atomic mass is 10.00. The van der Waals surface area contributed by atoms with Gasteiger partial charge in [-0.05, 0) is 30.9 Å². The average molecular weight is 267 g/mol. The van der Waals surface area contributed by atoms with E-state index in [1.807, 2.05) is 0 Å². The number of nitrogens with one attached hydrogen (secondary N) is 1. The van der Waals surface area contributed by atoms with Crippen LogP contribution in [0.15, 0.2) is 16.5 Å². The van der Waals surface area contributed by atoms with Gasteiger partial charge >= 0.3 is 5.97 Å². The van der Waals surface area contributed by atoms with Crippen LogP contribution in [0.2, 0.25) is 0 Å². The van der Waals surface area contributed by atoms with Crippen LogP contribution in [0.5, 0.6) is 0 Å². The maximum Gasteiger partial charge on any atom is 0.373 e. The number of carbonyl (C=O) groups is 1. The van der Waals surface area contributed by atoms with Crippen LogP contribution in [0.4, 0.5) is 0 Å². The second kappa shape index (κ2) is 6.73. The van der Waals surface area contributed by atoms with E-state index in [-0.39, 0.29) is 5.76 Å². The molecule has 0 aromatic carbocycles. The Morgan fingerprint density at radius 1 is 1.53 bits per heavy atom. The zero-order valence-corrected chi connectivity index (χ0v) is 11.5. The van der Waals surface area contributed by atoms with E-state index >= 15 is 0 Å². The van der Waals surface area contributed by atoms with Gasteiger partial charge in [0.15, 0.2) is 0 Å². The Kier molecular flexibility index (Phi) is 4.99. The molecule has 106 valence electrons. The summed E-state index contributed by atoms with van der Waals surface area (Å²) in [6.07, 6.45) is 2.53. The van der Waals surface area contributed by atoms with Crippen molar-refractivity contribution in [1.82, 2.24) is 5.32 Å². The van der Waals surface area contributed by atoms with E-state index in [4.69, 9.17) is 9.15 Å². The Morgan fingerprint density at radius 2 is 2.37 bits per heavy atom. The first-order valence-electron chi connectivity index (χ1n) is 6.74. The fraction of sp³-hybridized carbons (Fsp3) is 0.643. The summed E-state index contributed by atoms with van der Waals surface area (Å²) in [5.41, 5.74) is 0. The summed E-state index contributed by atoms with van der Waals surface area (Å²) >= 11 is 0. The number of furan rings is 1. The van der Waals surface area contributed by atoms with Crippen LogP contribution in [-0.2, 0) is 16.0 Å². The standard InChI is InChI=1S/C14H21NO4/c1-3-12-10(6-7-18-12)8-15-9-11-4-5-13(19-11)14(16)17-2/h4-5,10,12,15H,3,6-9H2,1-2H3. The van der Waals surface area contributed by atoms with Gasteiger partial charge in [-0.2, -0.15) is 0 Å². The van der Waals surface area contributed by atoms with Crippen LogP contribution in [0.3, 0.4) is 0 Å². The SMILES string of the molecule is CCC1OCCC1CNCc1ccc(C(=O)OC)o1. The maximum atomic E-state index is 11.2. The highest BCUT2D eigenvalue weighted by molar-refractivity contribution is 5.86. The molecule has 0 amide bonds. The van der Waals surface area contributed by atoms with E-state index in [9.17, 15) is 4.79 Å². The summed E-state index contributed by atoms with van der Waals surface area (Å²) in [6.45, 7) is 4.53. The highest BCUT2D eigenvalue weighted by atomic mass is 16.5. The quantitative estimate of drug-likeness (QED) is 0.798. The summed E-state index contributed by atoms with van der Waals surface area (Å²) in [6, 6.07) is 3.43. The molecule has 1 aliphatic rings. The molecule has 1 saturated heterocycles. The lowest BCUT2D eigenvalue weighted by Crippen LogP contribution is -2.27. The number of methoxy groups -OCH3 is 1. The molecule has 5 heteroatoms.